The normalized spacial score (nSPS) is 22.3. The summed E-state index contributed by atoms with van der Waals surface area (Å²) in [5.41, 5.74) is 1.70. The minimum Gasteiger partial charge on any atom is -0.379 e. The molecule has 0 radical (unpaired) electrons. The number of amides is 2. The number of benzene rings is 1. The van der Waals surface area contributed by atoms with Crippen molar-refractivity contribution in [1.29, 1.82) is 0 Å². The zero-order valence-corrected chi connectivity index (χ0v) is 14.3. The highest BCUT2D eigenvalue weighted by Crippen LogP contribution is 2.26. The van der Waals surface area contributed by atoms with Crippen LogP contribution in [0.3, 0.4) is 0 Å². The molecule has 5 nitrogen and oxygen atoms in total. The first-order valence-electron chi connectivity index (χ1n) is 8.24. The van der Waals surface area contributed by atoms with Crippen LogP contribution in [-0.4, -0.2) is 61.8 Å². The largest absolute Gasteiger partial charge is 0.379 e. The number of morpholine rings is 1. The zero-order chi connectivity index (χ0) is 16.2. The molecule has 2 fully saturated rings. The molecule has 2 saturated heterocycles. The van der Waals surface area contributed by atoms with Crippen molar-refractivity contribution in [3.8, 4) is 0 Å². The number of hydrogen-bond donors (Lipinski definition) is 1. The molecule has 0 aliphatic carbocycles. The first-order valence-corrected chi connectivity index (χ1v) is 8.62. The molecule has 0 saturated carbocycles. The van der Waals surface area contributed by atoms with E-state index in [1.54, 1.807) is 6.07 Å². The number of urea groups is 1. The third-order valence-electron chi connectivity index (χ3n) is 4.65. The molecule has 2 aliphatic heterocycles. The SMILES string of the molecule is Cc1cccc(Cl)c1NC(=O)N1CC[C@H](CN2CCOCC2)C1. The Balaban J connectivity index is 1.53. The molecule has 1 atom stereocenters. The van der Waals surface area contributed by atoms with Gasteiger partial charge in [-0.3, -0.25) is 4.90 Å². The van der Waals surface area contributed by atoms with Gasteiger partial charge in [0.05, 0.1) is 23.9 Å². The van der Waals surface area contributed by atoms with Crippen molar-refractivity contribution in [3.05, 3.63) is 28.8 Å². The summed E-state index contributed by atoms with van der Waals surface area (Å²) in [6.45, 7) is 8.27. The molecule has 1 aromatic carbocycles. The minimum atomic E-state index is -0.0503. The van der Waals surface area contributed by atoms with Crippen molar-refractivity contribution in [2.24, 2.45) is 5.92 Å². The lowest BCUT2D eigenvalue weighted by molar-refractivity contribution is 0.0314. The molecule has 2 heterocycles. The Labute approximate surface area is 142 Å². The minimum absolute atomic E-state index is 0.0503. The molecular formula is C17H24ClN3O2. The summed E-state index contributed by atoms with van der Waals surface area (Å²) < 4.78 is 5.38. The molecule has 6 heteroatoms. The second-order valence-corrected chi connectivity index (χ2v) is 6.78. The molecule has 1 N–H and O–H groups in total. The smallest absolute Gasteiger partial charge is 0.321 e. The van der Waals surface area contributed by atoms with E-state index in [0.29, 0.717) is 10.9 Å². The van der Waals surface area contributed by atoms with Gasteiger partial charge in [0.25, 0.3) is 0 Å². The van der Waals surface area contributed by atoms with Crippen LogP contribution in [0.25, 0.3) is 0 Å². The standard InChI is InChI=1S/C17H24ClN3O2/c1-13-3-2-4-15(18)16(13)19-17(22)21-6-5-14(12-21)11-20-7-9-23-10-8-20/h2-4,14H,5-12H2,1H3,(H,19,22)/t14-/m1/s1. The Hall–Kier alpha value is -1.30. The lowest BCUT2D eigenvalue weighted by Gasteiger charge is -2.29. The van der Waals surface area contributed by atoms with Crippen LogP contribution >= 0.6 is 11.6 Å². The van der Waals surface area contributed by atoms with Crippen molar-refractivity contribution in [2.75, 3.05) is 51.3 Å². The third kappa shape index (κ3) is 4.16. The second-order valence-electron chi connectivity index (χ2n) is 6.38. The average molecular weight is 338 g/mol. The number of anilines is 1. The van der Waals surface area contributed by atoms with Gasteiger partial charge >= 0.3 is 6.03 Å². The van der Waals surface area contributed by atoms with E-state index in [9.17, 15) is 4.79 Å². The monoisotopic (exact) mass is 337 g/mol. The maximum atomic E-state index is 12.5. The predicted molar refractivity (Wildman–Crippen MR) is 92.1 cm³/mol. The van der Waals surface area contributed by atoms with E-state index in [1.165, 1.54) is 0 Å². The Morgan fingerprint density at radius 1 is 1.35 bits per heavy atom. The van der Waals surface area contributed by atoms with E-state index >= 15 is 0 Å². The van der Waals surface area contributed by atoms with Crippen molar-refractivity contribution >= 4 is 23.3 Å². The maximum Gasteiger partial charge on any atom is 0.321 e. The Morgan fingerprint density at radius 3 is 2.87 bits per heavy atom. The van der Waals surface area contributed by atoms with Crippen molar-refractivity contribution in [1.82, 2.24) is 9.80 Å². The molecule has 126 valence electrons. The number of carbonyl (C=O) groups is 1. The first kappa shape index (κ1) is 16.6. The van der Waals surface area contributed by atoms with Crippen LogP contribution in [0.5, 0.6) is 0 Å². The number of para-hydroxylation sites is 1. The van der Waals surface area contributed by atoms with Gasteiger partial charge in [-0.25, -0.2) is 4.79 Å². The van der Waals surface area contributed by atoms with Crippen LogP contribution in [0.1, 0.15) is 12.0 Å². The first-order chi connectivity index (χ1) is 11.1. The van der Waals surface area contributed by atoms with Gasteiger partial charge in [-0.15, -0.1) is 0 Å². The summed E-state index contributed by atoms with van der Waals surface area (Å²) in [5, 5.41) is 3.55. The van der Waals surface area contributed by atoms with E-state index < -0.39 is 0 Å². The lowest BCUT2D eigenvalue weighted by atomic mass is 10.1. The van der Waals surface area contributed by atoms with Gasteiger partial charge in [-0.1, -0.05) is 23.7 Å². The fraction of sp³-hybridized carbons (Fsp3) is 0.588. The van der Waals surface area contributed by atoms with Crippen molar-refractivity contribution in [3.63, 3.8) is 0 Å². The van der Waals surface area contributed by atoms with Gasteiger partial charge in [0.2, 0.25) is 0 Å². The summed E-state index contributed by atoms with van der Waals surface area (Å²) in [6.07, 6.45) is 1.06. The van der Waals surface area contributed by atoms with Crippen LogP contribution in [-0.2, 0) is 4.74 Å². The Kier molecular flexibility index (Phi) is 5.41. The van der Waals surface area contributed by atoms with E-state index in [-0.39, 0.29) is 6.03 Å². The number of hydrogen-bond acceptors (Lipinski definition) is 3. The van der Waals surface area contributed by atoms with Crippen LogP contribution in [0.4, 0.5) is 10.5 Å². The van der Waals surface area contributed by atoms with E-state index in [2.05, 4.69) is 10.2 Å². The molecular weight excluding hydrogens is 314 g/mol. The number of carbonyl (C=O) groups excluding carboxylic acids is 1. The van der Waals surface area contributed by atoms with E-state index in [1.807, 2.05) is 24.0 Å². The number of nitrogens with one attached hydrogen (secondary N) is 1. The summed E-state index contributed by atoms with van der Waals surface area (Å²) in [5.74, 6) is 0.547. The van der Waals surface area contributed by atoms with Crippen LogP contribution < -0.4 is 5.32 Å². The number of ether oxygens (including phenoxy) is 1. The number of halogens is 1. The molecule has 0 aromatic heterocycles. The van der Waals surface area contributed by atoms with Crippen LogP contribution in [0, 0.1) is 12.8 Å². The average Bonchev–Trinajstić information content (AvgIpc) is 3.00. The summed E-state index contributed by atoms with van der Waals surface area (Å²) >= 11 is 6.19. The van der Waals surface area contributed by atoms with Crippen LogP contribution in [0.15, 0.2) is 18.2 Å². The fourth-order valence-electron chi connectivity index (χ4n) is 3.29. The van der Waals surface area contributed by atoms with Gasteiger partial charge in [0.15, 0.2) is 0 Å². The highest BCUT2D eigenvalue weighted by Gasteiger charge is 2.28. The third-order valence-corrected chi connectivity index (χ3v) is 4.96. The van der Waals surface area contributed by atoms with Crippen LogP contribution in [0.2, 0.25) is 5.02 Å². The second kappa shape index (κ2) is 7.51. The number of nitrogens with zero attached hydrogens (tertiary/aromatic N) is 2. The zero-order valence-electron chi connectivity index (χ0n) is 13.6. The van der Waals surface area contributed by atoms with Gasteiger partial charge in [-0.05, 0) is 30.9 Å². The molecule has 0 spiro atoms. The molecule has 3 rings (SSSR count). The van der Waals surface area contributed by atoms with Crippen molar-refractivity contribution < 1.29 is 9.53 Å². The molecule has 2 amide bonds. The van der Waals surface area contributed by atoms with Gasteiger partial charge in [0.1, 0.15) is 0 Å². The molecule has 23 heavy (non-hydrogen) atoms. The van der Waals surface area contributed by atoms with Gasteiger partial charge in [0, 0.05) is 32.7 Å². The highest BCUT2D eigenvalue weighted by atomic mass is 35.5. The Morgan fingerprint density at radius 2 is 2.13 bits per heavy atom. The number of aryl methyl sites for hydroxylation is 1. The molecule has 0 unspecified atom stereocenters. The number of likely N-dealkylation sites (tertiary alicyclic amines) is 1. The van der Waals surface area contributed by atoms with Crippen molar-refractivity contribution in [2.45, 2.75) is 13.3 Å². The topological polar surface area (TPSA) is 44.8 Å². The Bertz CT molecular complexity index is 541. The predicted octanol–water partition coefficient (Wildman–Crippen LogP) is 2.83. The van der Waals surface area contributed by atoms with E-state index in [4.69, 9.17) is 16.3 Å². The van der Waals surface area contributed by atoms with Gasteiger partial charge in [-0.2, -0.15) is 0 Å². The summed E-state index contributed by atoms with van der Waals surface area (Å²) in [6, 6.07) is 5.59. The summed E-state index contributed by atoms with van der Waals surface area (Å²) in [7, 11) is 0. The van der Waals surface area contributed by atoms with E-state index in [0.717, 1.165) is 63.6 Å². The maximum absolute atomic E-state index is 12.5. The lowest BCUT2D eigenvalue weighted by Crippen LogP contribution is -2.40. The summed E-state index contributed by atoms with van der Waals surface area (Å²) in [4.78, 5) is 16.8. The molecule has 2 aliphatic rings. The van der Waals surface area contributed by atoms with Gasteiger partial charge < -0.3 is 15.0 Å². The highest BCUT2D eigenvalue weighted by molar-refractivity contribution is 6.33. The molecule has 1 aromatic rings. The number of rotatable bonds is 3. The quantitative estimate of drug-likeness (QED) is 0.922. The molecule has 0 bridgehead atoms. The fourth-order valence-corrected chi connectivity index (χ4v) is 3.56.